The fourth-order valence-electron chi connectivity index (χ4n) is 5.52. The number of carbonyl (C=O) groups is 3. The Morgan fingerprint density at radius 2 is 1.55 bits per heavy atom. The summed E-state index contributed by atoms with van der Waals surface area (Å²) in [6, 6.07) is 25.1. The molecule has 0 spiro atoms. The average Bonchev–Trinajstić information content (AvgIpc) is 3.34. The third-order valence-electron chi connectivity index (χ3n) is 7.87. The SMILES string of the molecule is CN(C)CCN(Cc1ccccc1)C(=O)[C@@H](Cc1ccccc1)N1CC2=C(C1=O)[C@H](c1ccc(Cl)cc1)NC(=O)N2C. The average molecular weight is 586 g/mol. The van der Waals surface area contributed by atoms with Crippen molar-refractivity contribution in [3.63, 3.8) is 0 Å². The van der Waals surface area contributed by atoms with E-state index in [1.807, 2.05) is 96.7 Å². The lowest BCUT2D eigenvalue weighted by Crippen LogP contribution is -2.52. The van der Waals surface area contributed by atoms with Gasteiger partial charge in [-0.15, -0.1) is 0 Å². The molecular formula is C33H36ClN5O3. The Labute approximate surface area is 252 Å². The molecule has 0 radical (unpaired) electrons. The first-order chi connectivity index (χ1) is 20.2. The Hall–Kier alpha value is -4.14. The van der Waals surface area contributed by atoms with Gasteiger partial charge in [0.2, 0.25) is 5.91 Å². The Morgan fingerprint density at radius 3 is 2.17 bits per heavy atom. The number of rotatable bonds is 10. The van der Waals surface area contributed by atoms with E-state index < -0.39 is 12.1 Å². The number of carbonyl (C=O) groups excluding carboxylic acids is 3. The van der Waals surface area contributed by atoms with E-state index in [-0.39, 0.29) is 24.4 Å². The van der Waals surface area contributed by atoms with Gasteiger partial charge in [-0.3, -0.25) is 14.5 Å². The maximum absolute atomic E-state index is 14.5. The molecule has 218 valence electrons. The van der Waals surface area contributed by atoms with Crippen LogP contribution in [0, 0.1) is 0 Å². The molecule has 3 aromatic carbocycles. The molecule has 5 rings (SSSR count). The number of nitrogens with one attached hydrogen (secondary N) is 1. The highest BCUT2D eigenvalue weighted by Crippen LogP contribution is 2.37. The second-order valence-corrected chi connectivity index (χ2v) is 11.5. The molecule has 4 amide bonds. The van der Waals surface area contributed by atoms with Crippen LogP contribution in [0.2, 0.25) is 5.02 Å². The summed E-state index contributed by atoms with van der Waals surface area (Å²) in [4.78, 5) is 48.9. The molecule has 0 unspecified atom stereocenters. The summed E-state index contributed by atoms with van der Waals surface area (Å²) in [5.41, 5.74) is 3.82. The van der Waals surface area contributed by atoms with E-state index in [0.29, 0.717) is 42.3 Å². The van der Waals surface area contributed by atoms with E-state index in [1.54, 1.807) is 24.1 Å². The molecule has 0 saturated carbocycles. The van der Waals surface area contributed by atoms with Crippen molar-refractivity contribution in [3.8, 4) is 0 Å². The first kappa shape index (κ1) is 29.4. The van der Waals surface area contributed by atoms with Gasteiger partial charge in [-0.25, -0.2) is 4.79 Å². The number of halogens is 1. The normalized spacial score (nSPS) is 17.4. The summed E-state index contributed by atoms with van der Waals surface area (Å²) in [5, 5.41) is 3.53. The third kappa shape index (κ3) is 6.35. The maximum Gasteiger partial charge on any atom is 0.322 e. The summed E-state index contributed by atoms with van der Waals surface area (Å²) in [6.45, 7) is 1.78. The number of hydrogen-bond donors (Lipinski definition) is 1. The standard InChI is InChI=1S/C33H36ClN5O3/c1-36(2)18-19-38(21-24-12-8-5-9-13-24)31(40)27(20-23-10-6-4-7-11-23)39-22-28-29(32(39)41)30(35-33(42)37(28)3)25-14-16-26(34)17-15-25/h4-17,27,30H,18-22H2,1-3H3,(H,35,42)/t27-,30+/m1/s1. The Balaban J connectivity index is 1.51. The summed E-state index contributed by atoms with van der Waals surface area (Å²) in [5.74, 6) is -0.374. The van der Waals surface area contributed by atoms with Crippen LogP contribution in [-0.2, 0) is 22.6 Å². The summed E-state index contributed by atoms with van der Waals surface area (Å²) < 4.78 is 0. The fourth-order valence-corrected chi connectivity index (χ4v) is 5.64. The van der Waals surface area contributed by atoms with Crippen LogP contribution in [0.25, 0.3) is 0 Å². The topological polar surface area (TPSA) is 76.2 Å². The molecule has 3 aromatic rings. The van der Waals surface area contributed by atoms with E-state index in [0.717, 1.165) is 16.7 Å². The molecule has 0 bridgehead atoms. The molecule has 2 heterocycles. The number of urea groups is 1. The first-order valence-corrected chi connectivity index (χ1v) is 14.5. The molecule has 8 nitrogen and oxygen atoms in total. The van der Waals surface area contributed by atoms with Crippen molar-refractivity contribution in [1.29, 1.82) is 0 Å². The van der Waals surface area contributed by atoms with Gasteiger partial charge in [-0.05, 0) is 42.9 Å². The number of benzene rings is 3. The monoisotopic (exact) mass is 585 g/mol. The third-order valence-corrected chi connectivity index (χ3v) is 8.12. The van der Waals surface area contributed by atoms with Crippen molar-refractivity contribution in [2.24, 2.45) is 0 Å². The molecule has 0 saturated heterocycles. The zero-order chi connectivity index (χ0) is 29.8. The van der Waals surface area contributed by atoms with Crippen LogP contribution in [0.15, 0.2) is 96.2 Å². The van der Waals surface area contributed by atoms with Crippen LogP contribution in [0.1, 0.15) is 22.7 Å². The zero-order valence-electron chi connectivity index (χ0n) is 24.2. The van der Waals surface area contributed by atoms with Crippen molar-refractivity contribution < 1.29 is 14.4 Å². The molecule has 2 aliphatic heterocycles. The second kappa shape index (κ2) is 12.8. The highest BCUT2D eigenvalue weighted by Gasteiger charge is 2.46. The molecule has 2 aliphatic rings. The minimum absolute atomic E-state index is 0.122. The molecule has 1 N–H and O–H groups in total. The summed E-state index contributed by atoms with van der Waals surface area (Å²) >= 11 is 6.12. The van der Waals surface area contributed by atoms with Gasteiger partial charge in [0.15, 0.2) is 0 Å². The van der Waals surface area contributed by atoms with E-state index in [9.17, 15) is 14.4 Å². The molecule has 0 aromatic heterocycles. The van der Waals surface area contributed by atoms with Crippen molar-refractivity contribution in [2.45, 2.75) is 25.0 Å². The van der Waals surface area contributed by atoms with E-state index in [4.69, 9.17) is 11.6 Å². The van der Waals surface area contributed by atoms with E-state index in [1.165, 1.54) is 4.90 Å². The lowest BCUT2D eigenvalue weighted by atomic mass is 9.95. The highest BCUT2D eigenvalue weighted by atomic mass is 35.5. The lowest BCUT2D eigenvalue weighted by molar-refractivity contribution is -0.143. The minimum atomic E-state index is -0.759. The summed E-state index contributed by atoms with van der Waals surface area (Å²) in [7, 11) is 5.61. The van der Waals surface area contributed by atoms with Crippen LogP contribution in [0.4, 0.5) is 4.79 Å². The van der Waals surface area contributed by atoms with Gasteiger partial charge < -0.3 is 20.0 Å². The molecule has 2 atom stereocenters. The van der Waals surface area contributed by atoms with Gasteiger partial charge in [0, 0.05) is 38.1 Å². The zero-order valence-corrected chi connectivity index (χ0v) is 24.9. The Bertz CT molecular complexity index is 1460. The number of nitrogens with zero attached hydrogens (tertiary/aromatic N) is 4. The van der Waals surface area contributed by atoms with Gasteiger partial charge >= 0.3 is 6.03 Å². The molecule has 42 heavy (non-hydrogen) atoms. The largest absolute Gasteiger partial charge is 0.335 e. The summed E-state index contributed by atoms with van der Waals surface area (Å²) in [6.07, 6.45) is 0.357. The van der Waals surface area contributed by atoms with Crippen molar-refractivity contribution in [3.05, 3.63) is 118 Å². The predicted molar refractivity (Wildman–Crippen MR) is 164 cm³/mol. The second-order valence-electron chi connectivity index (χ2n) is 11.0. The van der Waals surface area contributed by atoms with E-state index in [2.05, 4.69) is 5.32 Å². The van der Waals surface area contributed by atoms with Gasteiger partial charge in [0.1, 0.15) is 6.04 Å². The Morgan fingerprint density at radius 1 is 0.929 bits per heavy atom. The van der Waals surface area contributed by atoms with Crippen LogP contribution in [0.5, 0.6) is 0 Å². The number of likely N-dealkylation sites (N-methyl/N-ethyl adjacent to an activating group) is 2. The van der Waals surface area contributed by atoms with Crippen LogP contribution in [0.3, 0.4) is 0 Å². The molecule has 9 heteroatoms. The lowest BCUT2D eigenvalue weighted by Gasteiger charge is -2.34. The molecular weight excluding hydrogens is 550 g/mol. The van der Waals surface area contributed by atoms with Crippen molar-refractivity contribution in [1.82, 2.24) is 24.9 Å². The number of amides is 4. The Kier molecular flexibility index (Phi) is 8.94. The van der Waals surface area contributed by atoms with Crippen LogP contribution >= 0.6 is 11.6 Å². The molecule has 0 fully saturated rings. The smallest absolute Gasteiger partial charge is 0.322 e. The highest BCUT2D eigenvalue weighted by molar-refractivity contribution is 6.30. The van der Waals surface area contributed by atoms with E-state index >= 15 is 0 Å². The van der Waals surface area contributed by atoms with Crippen LogP contribution < -0.4 is 5.32 Å². The van der Waals surface area contributed by atoms with Gasteiger partial charge in [-0.1, -0.05) is 84.4 Å². The fraction of sp³-hybridized carbons (Fsp3) is 0.303. The van der Waals surface area contributed by atoms with Crippen LogP contribution in [-0.4, -0.2) is 84.3 Å². The first-order valence-electron chi connectivity index (χ1n) is 14.1. The van der Waals surface area contributed by atoms with Gasteiger partial charge in [0.05, 0.1) is 23.9 Å². The minimum Gasteiger partial charge on any atom is -0.335 e. The van der Waals surface area contributed by atoms with Gasteiger partial charge in [0.25, 0.3) is 5.91 Å². The number of hydrogen-bond acceptors (Lipinski definition) is 4. The predicted octanol–water partition coefficient (Wildman–Crippen LogP) is 4.33. The van der Waals surface area contributed by atoms with Crippen molar-refractivity contribution in [2.75, 3.05) is 40.8 Å². The van der Waals surface area contributed by atoms with Gasteiger partial charge in [-0.2, -0.15) is 0 Å². The van der Waals surface area contributed by atoms with Crippen molar-refractivity contribution >= 4 is 29.4 Å². The maximum atomic E-state index is 14.5. The quantitative estimate of drug-likeness (QED) is 0.384. The molecule has 0 aliphatic carbocycles.